The molecule has 15 heavy (non-hydrogen) atoms. The van der Waals surface area contributed by atoms with Crippen molar-refractivity contribution in [3.63, 3.8) is 0 Å². The van der Waals surface area contributed by atoms with Gasteiger partial charge in [0.05, 0.1) is 20.8 Å². The fourth-order valence-corrected chi connectivity index (χ4v) is 0.674. The van der Waals surface area contributed by atoms with Crippen LogP contribution in [-0.2, 0) is 28.6 Å². The Balaban J connectivity index is 4.86. The van der Waals surface area contributed by atoms with Crippen LogP contribution in [0.3, 0.4) is 0 Å². The van der Waals surface area contributed by atoms with Gasteiger partial charge in [0.15, 0.2) is 0 Å². The van der Waals surface area contributed by atoms with Crippen molar-refractivity contribution in [1.29, 1.82) is 0 Å². The van der Waals surface area contributed by atoms with Gasteiger partial charge in [0, 0.05) is 0 Å². The van der Waals surface area contributed by atoms with Crippen LogP contribution < -0.4 is 0 Å². The molecule has 0 saturated heterocycles. The van der Waals surface area contributed by atoms with Gasteiger partial charge in [-0.05, 0) is 6.92 Å². The predicted molar refractivity (Wildman–Crippen MR) is 48.7 cm³/mol. The summed E-state index contributed by atoms with van der Waals surface area (Å²) in [6.07, 6.45) is 0.880. The summed E-state index contributed by atoms with van der Waals surface area (Å²) in [7, 11) is 2.13. The van der Waals surface area contributed by atoms with Crippen LogP contribution in [0.4, 0.5) is 0 Å². The van der Waals surface area contributed by atoms with Gasteiger partial charge in [0.2, 0.25) is 0 Å². The quantitative estimate of drug-likeness (QED) is 0.158. The normalized spacial score (nSPS) is 10.5. The highest BCUT2D eigenvalue weighted by molar-refractivity contribution is 6.46. The van der Waals surface area contributed by atoms with Crippen molar-refractivity contribution in [3.8, 4) is 0 Å². The lowest BCUT2D eigenvalue weighted by Crippen LogP contribution is -2.23. The first kappa shape index (κ1) is 13.2. The number of Topliss-reactive ketones (excluding diaryl/α,β-unsaturated/α-hetero) is 1. The molecule has 0 saturated carbocycles. The van der Waals surface area contributed by atoms with Crippen molar-refractivity contribution >= 4 is 17.7 Å². The number of methoxy groups -OCH3 is 2. The van der Waals surface area contributed by atoms with Crippen molar-refractivity contribution in [2.75, 3.05) is 20.8 Å². The molecule has 0 rings (SSSR count). The first-order valence-electron chi connectivity index (χ1n) is 4.11. The van der Waals surface area contributed by atoms with Crippen LogP contribution in [-0.4, -0.2) is 38.5 Å². The lowest BCUT2D eigenvalue weighted by atomic mass is 10.2. The molecule has 0 heterocycles. The smallest absolute Gasteiger partial charge is 0.379 e. The summed E-state index contributed by atoms with van der Waals surface area (Å²) in [4.78, 5) is 33.2. The van der Waals surface area contributed by atoms with E-state index in [2.05, 4.69) is 9.47 Å². The molecule has 6 heteroatoms. The molecule has 84 valence electrons. The molecule has 0 aromatic rings. The van der Waals surface area contributed by atoms with E-state index in [1.54, 1.807) is 6.92 Å². The Morgan fingerprint density at radius 2 is 1.60 bits per heavy atom. The van der Waals surface area contributed by atoms with E-state index < -0.39 is 23.3 Å². The Hall–Kier alpha value is -1.85. The molecule has 0 bridgehead atoms. The Morgan fingerprint density at radius 1 is 1.07 bits per heavy atom. The summed E-state index contributed by atoms with van der Waals surface area (Å²) in [6, 6.07) is 0. The minimum Gasteiger partial charge on any atom is -0.500 e. The van der Waals surface area contributed by atoms with E-state index in [0.29, 0.717) is 0 Å². The average molecular weight is 216 g/mol. The zero-order valence-corrected chi connectivity index (χ0v) is 8.73. The zero-order valence-electron chi connectivity index (χ0n) is 8.73. The van der Waals surface area contributed by atoms with Crippen LogP contribution in [0.1, 0.15) is 6.92 Å². The summed E-state index contributed by atoms with van der Waals surface area (Å²) in [6.45, 7) is 1.92. The zero-order chi connectivity index (χ0) is 11.8. The molecular weight excluding hydrogens is 204 g/mol. The van der Waals surface area contributed by atoms with Crippen molar-refractivity contribution in [3.05, 3.63) is 11.8 Å². The maximum atomic E-state index is 11.3. The molecule has 0 unspecified atom stereocenters. The second-order valence-electron chi connectivity index (χ2n) is 2.30. The summed E-state index contributed by atoms with van der Waals surface area (Å²) < 4.78 is 13.2. The van der Waals surface area contributed by atoms with E-state index in [-0.39, 0.29) is 6.61 Å². The minimum absolute atomic E-state index is 0.259. The number of esters is 2. The van der Waals surface area contributed by atoms with Gasteiger partial charge in [-0.15, -0.1) is 0 Å². The standard InChI is InChI=1S/C9H12O6/c1-4-15-5-6(8(11)13-2)7(10)9(12)14-3/h5H,4H2,1-3H3/b6-5+. The van der Waals surface area contributed by atoms with Gasteiger partial charge in [-0.3, -0.25) is 4.79 Å². The molecule has 0 aromatic carbocycles. The number of carbonyl (C=O) groups excluding carboxylic acids is 3. The van der Waals surface area contributed by atoms with Crippen molar-refractivity contribution in [2.45, 2.75) is 6.92 Å². The fourth-order valence-electron chi connectivity index (χ4n) is 0.674. The summed E-state index contributed by atoms with van der Waals surface area (Å²) >= 11 is 0. The second-order valence-corrected chi connectivity index (χ2v) is 2.30. The number of rotatable bonds is 5. The number of carbonyl (C=O) groups is 3. The molecule has 0 amide bonds. The maximum Gasteiger partial charge on any atom is 0.379 e. The van der Waals surface area contributed by atoms with E-state index >= 15 is 0 Å². The summed E-state index contributed by atoms with van der Waals surface area (Å²) in [5.74, 6) is -3.19. The van der Waals surface area contributed by atoms with Gasteiger partial charge in [-0.1, -0.05) is 0 Å². The Bertz CT molecular complexity index is 291. The molecule has 0 radical (unpaired) electrons. The van der Waals surface area contributed by atoms with Crippen LogP contribution in [0.25, 0.3) is 0 Å². The third-order valence-corrected chi connectivity index (χ3v) is 1.39. The molecule has 0 atom stereocenters. The Morgan fingerprint density at radius 3 is 2.00 bits per heavy atom. The summed E-state index contributed by atoms with van der Waals surface area (Å²) in [5.41, 5.74) is -0.494. The van der Waals surface area contributed by atoms with Gasteiger partial charge in [-0.2, -0.15) is 0 Å². The van der Waals surface area contributed by atoms with Crippen molar-refractivity contribution < 1.29 is 28.6 Å². The number of hydrogen-bond donors (Lipinski definition) is 0. The Labute approximate surface area is 86.8 Å². The highest BCUT2D eigenvalue weighted by atomic mass is 16.5. The van der Waals surface area contributed by atoms with Gasteiger partial charge in [0.1, 0.15) is 11.8 Å². The highest BCUT2D eigenvalue weighted by Gasteiger charge is 2.26. The molecule has 6 nitrogen and oxygen atoms in total. The summed E-state index contributed by atoms with van der Waals surface area (Å²) in [5, 5.41) is 0. The van der Waals surface area contributed by atoms with Crippen LogP contribution in [0.2, 0.25) is 0 Å². The molecule has 0 spiro atoms. The molecule has 0 aliphatic carbocycles. The van der Waals surface area contributed by atoms with E-state index in [4.69, 9.17) is 4.74 Å². The van der Waals surface area contributed by atoms with Gasteiger partial charge in [-0.25, -0.2) is 9.59 Å². The van der Waals surface area contributed by atoms with Crippen LogP contribution >= 0.6 is 0 Å². The third-order valence-electron chi connectivity index (χ3n) is 1.39. The van der Waals surface area contributed by atoms with E-state index in [9.17, 15) is 14.4 Å². The third kappa shape index (κ3) is 3.80. The lowest BCUT2D eigenvalue weighted by molar-refractivity contribution is -0.152. The predicted octanol–water partition coefficient (Wildman–Crippen LogP) is -0.178. The first-order valence-corrected chi connectivity index (χ1v) is 4.11. The van der Waals surface area contributed by atoms with Gasteiger partial charge < -0.3 is 14.2 Å². The monoisotopic (exact) mass is 216 g/mol. The largest absolute Gasteiger partial charge is 0.500 e. The van der Waals surface area contributed by atoms with Crippen molar-refractivity contribution in [1.82, 2.24) is 0 Å². The van der Waals surface area contributed by atoms with Crippen molar-refractivity contribution in [2.24, 2.45) is 0 Å². The van der Waals surface area contributed by atoms with Crippen LogP contribution in [0.5, 0.6) is 0 Å². The van der Waals surface area contributed by atoms with E-state index in [0.717, 1.165) is 20.5 Å². The number of ether oxygens (including phenoxy) is 3. The van der Waals surface area contributed by atoms with Crippen LogP contribution in [0, 0.1) is 0 Å². The first-order chi connectivity index (χ1) is 7.08. The maximum absolute atomic E-state index is 11.3. The van der Waals surface area contributed by atoms with Gasteiger partial charge >= 0.3 is 11.9 Å². The molecule has 0 fully saturated rings. The molecule has 0 N–H and O–H groups in total. The Kier molecular flexibility index (Phi) is 5.77. The SMILES string of the molecule is CCO/C=C(/C(=O)OC)C(=O)C(=O)OC. The second kappa shape index (κ2) is 6.58. The lowest BCUT2D eigenvalue weighted by Gasteiger charge is -2.03. The topological polar surface area (TPSA) is 78.9 Å². The molecule has 0 aliphatic heterocycles. The average Bonchev–Trinajstić information content (AvgIpc) is 2.27. The fraction of sp³-hybridized carbons (Fsp3) is 0.444. The van der Waals surface area contributed by atoms with E-state index in [1.165, 1.54) is 0 Å². The van der Waals surface area contributed by atoms with Crippen LogP contribution in [0.15, 0.2) is 11.8 Å². The molecular formula is C9H12O6. The van der Waals surface area contributed by atoms with Gasteiger partial charge in [0.25, 0.3) is 5.78 Å². The molecule has 0 aliphatic rings. The van der Waals surface area contributed by atoms with E-state index in [1.807, 2.05) is 0 Å². The minimum atomic E-state index is -1.15. The highest BCUT2D eigenvalue weighted by Crippen LogP contribution is 2.02. The number of hydrogen-bond acceptors (Lipinski definition) is 6. The molecule has 0 aromatic heterocycles. The number of ketones is 1.